The Kier molecular flexibility index (Phi) is 5.56. The normalized spacial score (nSPS) is 12.1. The number of hydrogen-bond donors (Lipinski definition) is 0. The molecule has 0 aliphatic carbocycles. The van der Waals surface area contributed by atoms with Crippen LogP contribution in [0.4, 0.5) is 0 Å². The van der Waals surface area contributed by atoms with E-state index >= 15 is 0 Å². The van der Waals surface area contributed by atoms with Crippen LogP contribution in [0, 0.1) is 6.07 Å². The van der Waals surface area contributed by atoms with E-state index in [1.54, 1.807) is 6.08 Å². The molecule has 0 heterocycles. The summed E-state index contributed by atoms with van der Waals surface area (Å²) >= 11 is 0. The van der Waals surface area contributed by atoms with Crippen LogP contribution in [0.3, 0.4) is 0 Å². The first-order valence-corrected chi connectivity index (χ1v) is 5.22. The van der Waals surface area contributed by atoms with Gasteiger partial charge in [-0.1, -0.05) is 31.6 Å². The molecule has 0 saturated heterocycles. The van der Waals surface area contributed by atoms with Crippen molar-refractivity contribution in [3.63, 3.8) is 0 Å². The van der Waals surface area contributed by atoms with Crippen LogP contribution in [0.5, 0.6) is 5.75 Å². The molecule has 0 saturated carbocycles. The third-order valence-corrected chi connectivity index (χ3v) is 1.88. The molecular formula is C13H17O2. The number of ether oxygens (including phenoxy) is 2. The van der Waals surface area contributed by atoms with Gasteiger partial charge in [-0.05, 0) is 18.2 Å². The minimum absolute atomic E-state index is 0.185. The highest BCUT2D eigenvalue weighted by atomic mass is 16.7. The summed E-state index contributed by atoms with van der Waals surface area (Å²) in [5.74, 6) is 0.816. The van der Waals surface area contributed by atoms with Crippen molar-refractivity contribution < 1.29 is 9.47 Å². The van der Waals surface area contributed by atoms with E-state index in [0.29, 0.717) is 6.61 Å². The monoisotopic (exact) mass is 205 g/mol. The zero-order chi connectivity index (χ0) is 10.9. The average Bonchev–Trinajstić information content (AvgIpc) is 2.28. The Morgan fingerprint density at radius 1 is 1.47 bits per heavy atom. The van der Waals surface area contributed by atoms with Gasteiger partial charge >= 0.3 is 0 Å². The molecule has 0 aliphatic rings. The smallest absolute Gasteiger partial charge is 0.200 e. The van der Waals surface area contributed by atoms with E-state index in [1.165, 1.54) is 0 Å². The number of rotatable bonds is 7. The van der Waals surface area contributed by atoms with Crippen LogP contribution in [0.15, 0.2) is 36.9 Å². The van der Waals surface area contributed by atoms with Gasteiger partial charge in [-0.3, -0.25) is 0 Å². The molecular weight excluding hydrogens is 188 g/mol. The van der Waals surface area contributed by atoms with Crippen LogP contribution in [0.1, 0.15) is 19.8 Å². The van der Waals surface area contributed by atoms with Crippen molar-refractivity contribution in [3.8, 4) is 5.75 Å². The van der Waals surface area contributed by atoms with Gasteiger partial charge in [0.25, 0.3) is 0 Å². The number of benzene rings is 1. The highest BCUT2D eigenvalue weighted by Crippen LogP contribution is 2.13. The SMILES string of the molecule is C=CCOC(CCC)Oc1cc[c]cc1. The van der Waals surface area contributed by atoms with E-state index in [9.17, 15) is 0 Å². The summed E-state index contributed by atoms with van der Waals surface area (Å²) in [4.78, 5) is 0. The van der Waals surface area contributed by atoms with Crippen molar-refractivity contribution in [2.75, 3.05) is 6.61 Å². The van der Waals surface area contributed by atoms with Crippen LogP contribution in [0.2, 0.25) is 0 Å². The van der Waals surface area contributed by atoms with Crippen molar-refractivity contribution >= 4 is 0 Å². The standard InChI is InChI=1S/C13H17O2/c1-3-8-13(14-11-4-2)15-12-9-6-5-7-10-12/h4,6-7,9-10,13H,2-3,8,11H2,1H3. The second-order valence-electron chi connectivity index (χ2n) is 3.19. The zero-order valence-corrected chi connectivity index (χ0v) is 9.11. The summed E-state index contributed by atoms with van der Waals surface area (Å²) in [7, 11) is 0. The predicted molar refractivity (Wildman–Crippen MR) is 60.8 cm³/mol. The van der Waals surface area contributed by atoms with Gasteiger partial charge in [0.15, 0.2) is 6.29 Å². The van der Waals surface area contributed by atoms with Gasteiger partial charge in [-0.15, -0.1) is 6.58 Å². The van der Waals surface area contributed by atoms with Crippen molar-refractivity contribution in [1.82, 2.24) is 0 Å². The molecule has 1 unspecified atom stereocenters. The summed E-state index contributed by atoms with van der Waals surface area (Å²) in [5, 5.41) is 0. The highest BCUT2D eigenvalue weighted by Gasteiger charge is 2.08. The average molecular weight is 205 g/mol. The first-order chi connectivity index (χ1) is 7.36. The molecule has 1 rings (SSSR count). The van der Waals surface area contributed by atoms with Crippen LogP contribution in [0.25, 0.3) is 0 Å². The molecule has 2 nitrogen and oxygen atoms in total. The molecule has 0 aromatic heterocycles. The highest BCUT2D eigenvalue weighted by molar-refractivity contribution is 5.20. The first kappa shape index (κ1) is 11.8. The van der Waals surface area contributed by atoms with Crippen molar-refractivity contribution in [2.24, 2.45) is 0 Å². The third kappa shape index (κ3) is 4.66. The predicted octanol–water partition coefficient (Wildman–Crippen LogP) is 3.19. The van der Waals surface area contributed by atoms with E-state index in [1.807, 2.05) is 24.3 Å². The van der Waals surface area contributed by atoms with Crippen LogP contribution < -0.4 is 4.74 Å². The van der Waals surface area contributed by atoms with Crippen molar-refractivity contribution in [3.05, 3.63) is 43.0 Å². The molecule has 0 N–H and O–H groups in total. The summed E-state index contributed by atoms with van der Waals surface area (Å²) in [6.45, 7) is 6.24. The van der Waals surface area contributed by atoms with Crippen LogP contribution in [-0.2, 0) is 4.74 Å². The van der Waals surface area contributed by atoms with Crippen LogP contribution >= 0.6 is 0 Å². The zero-order valence-electron chi connectivity index (χ0n) is 9.11. The van der Waals surface area contributed by atoms with Gasteiger partial charge in [-0.25, -0.2) is 0 Å². The molecule has 2 heteroatoms. The lowest BCUT2D eigenvalue weighted by Gasteiger charge is -2.18. The van der Waals surface area contributed by atoms with Gasteiger partial charge in [0, 0.05) is 6.42 Å². The lowest BCUT2D eigenvalue weighted by molar-refractivity contribution is -0.0738. The fourth-order valence-corrected chi connectivity index (χ4v) is 1.19. The largest absolute Gasteiger partial charge is 0.465 e. The lowest BCUT2D eigenvalue weighted by Crippen LogP contribution is -2.20. The minimum atomic E-state index is -0.185. The maximum absolute atomic E-state index is 5.67. The van der Waals surface area contributed by atoms with E-state index in [4.69, 9.17) is 9.47 Å². The van der Waals surface area contributed by atoms with E-state index in [0.717, 1.165) is 18.6 Å². The summed E-state index contributed by atoms with van der Waals surface area (Å²) in [6.07, 6.45) is 3.45. The topological polar surface area (TPSA) is 18.5 Å². The molecule has 15 heavy (non-hydrogen) atoms. The third-order valence-electron chi connectivity index (χ3n) is 1.88. The minimum Gasteiger partial charge on any atom is -0.465 e. The molecule has 1 aromatic rings. The number of hydrogen-bond acceptors (Lipinski definition) is 2. The Morgan fingerprint density at radius 3 is 2.80 bits per heavy atom. The molecule has 1 atom stereocenters. The fraction of sp³-hybridized carbons (Fsp3) is 0.385. The Morgan fingerprint density at radius 2 is 2.20 bits per heavy atom. The Labute approximate surface area is 91.5 Å². The van der Waals surface area contributed by atoms with Gasteiger partial charge in [0.05, 0.1) is 6.61 Å². The molecule has 81 valence electrons. The first-order valence-electron chi connectivity index (χ1n) is 5.22. The van der Waals surface area contributed by atoms with E-state index < -0.39 is 0 Å². The fourth-order valence-electron chi connectivity index (χ4n) is 1.19. The lowest BCUT2D eigenvalue weighted by atomic mass is 10.3. The van der Waals surface area contributed by atoms with Gasteiger partial charge in [0.1, 0.15) is 5.75 Å². The molecule has 0 bridgehead atoms. The Balaban J connectivity index is 2.46. The molecule has 0 fully saturated rings. The van der Waals surface area contributed by atoms with Crippen molar-refractivity contribution in [1.29, 1.82) is 0 Å². The second-order valence-corrected chi connectivity index (χ2v) is 3.19. The molecule has 1 radical (unpaired) electrons. The quantitative estimate of drug-likeness (QED) is 0.502. The van der Waals surface area contributed by atoms with Gasteiger partial charge in [0.2, 0.25) is 0 Å². The summed E-state index contributed by atoms with van der Waals surface area (Å²) < 4.78 is 11.2. The summed E-state index contributed by atoms with van der Waals surface area (Å²) in [5.41, 5.74) is 0. The molecule has 0 spiro atoms. The molecule has 0 aliphatic heterocycles. The second kappa shape index (κ2) is 7.07. The molecule has 1 aromatic carbocycles. The van der Waals surface area contributed by atoms with E-state index in [2.05, 4.69) is 19.6 Å². The van der Waals surface area contributed by atoms with Crippen molar-refractivity contribution in [2.45, 2.75) is 26.1 Å². The molecule has 0 amide bonds. The van der Waals surface area contributed by atoms with Gasteiger partial charge in [-0.2, -0.15) is 0 Å². The van der Waals surface area contributed by atoms with Crippen LogP contribution in [-0.4, -0.2) is 12.9 Å². The maximum Gasteiger partial charge on any atom is 0.200 e. The Bertz CT molecular complexity index is 269. The van der Waals surface area contributed by atoms with Gasteiger partial charge < -0.3 is 9.47 Å². The maximum atomic E-state index is 5.67. The Hall–Kier alpha value is -1.28. The van der Waals surface area contributed by atoms with E-state index in [-0.39, 0.29) is 6.29 Å². The summed E-state index contributed by atoms with van der Waals surface area (Å²) in [6, 6.07) is 10.3.